The summed E-state index contributed by atoms with van der Waals surface area (Å²) in [6.07, 6.45) is 6.00. The number of aliphatic carboxylic acids is 1. The van der Waals surface area contributed by atoms with E-state index in [0.717, 1.165) is 17.3 Å². The summed E-state index contributed by atoms with van der Waals surface area (Å²) in [5, 5.41) is 8.37. The molecule has 14 heavy (non-hydrogen) atoms. The Kier molecular flexibility index (Phi) is 3.61. The number of carboxylic acids is 1. The summed E-state index contributed by atoms with van der Waals surface area (Å²) < 4.78 is 0. The second-order valence-corrected chi connectivity index (χ2v) is 2.76. The summed E-state index contributed by atoms with van der Waals surface area (Å²) in [7, 11) is 0. The maximum absolute atomic E-state index is 10.2. The normalized spacial score (nSPS) is 11.9. The SMILES string of the molecule is C/C(=C\C=C\C(=O)O)c1ccccn1. The lowest BCUT2D eigenvalue weighted by Gasteiger charge is -1.96. The Morgan fingerprint density at radius 2 is 2.29 bits per heavy atom. The van der Waals surface area contributed by atoms with E-state index in [-0.39, 0.29) is 0 Å². The molecule has 0 aliphatic rings. The molecule has 0 atom stereocenters. The molecule has 1 aromatic rings. The van der Waals surface area contributed by atoms with Crippen LogP contribution in [-0.4, -0.2) is 16.1 Å². The molecule has 0 radical (unpaired) electrons. The molecule has 0 bridgehead atoms. The van der Waals surface area contributed by atoms with Crippen LogP contribution in [0.3, 0.4) is 0 Å². The van der Waals surface area contributed by atoms with Crippen molar-refractivity contribution in [2.75, 3.05) is 0 Å². The van der Waals surface area contributed by atoms with Crippen molar-refractivity contribution in [2.24, 2.45) is 0 Å². The Bertz CT molecular complexity index is 366. The van der Waals surface area contributed by atoms with Gasteiger partial charge in [0, 0.05) is 12.3 Å². The number of carbonyl (C=O) groups is 1. The molecule has 72 valence electrons. The minimum absolute atomic E-state index is 0.850. The lowest BCUT2D eigenvalue weighted by molar-refractivity contribution is -0.131. The molecule has 1 aromatic heterocycles. The third-order valence-electron chi connectivity index (χ3n) is 1.65. The lowest BCUT2D eigenvalue weighted by atomic mass is 10.2. The van der Waals surface area contributed by atoms with E-state index in [1.165, 1.54) is 6.08 Å². The minimum Gasteiger partial charge on any atom is -0.478 e. The van der Waals surface area contributed by atoms with Gasteiger partial charge in [0.1, 0.15) is 0 Å². The van der Waals surface area contributed by atoms with Gasteiger partial charge in [-0.2, -0.15) is 0 Å². The van der Waals surface area contributed by atoms with Crippen LogP contribution >= 0.6 is 0 Å². The van der Waals surface area contributed by atoms with Crippen LogP contribution in [0.2, 0.25) is 0 Å². The largest absolute Gasteiger partial charge is 0.478 e. The molecular formula is C11H11NO2. The van der Waals surface area contributed by atoms with Crippen molar-refractivity contribution in [3.05, 3.63) is 48.3 Å². The zero-order chi connectivity index (χ0) is 10.4. The maximum Gasteiger partial charge on any atom is 0.328 e. The van der Waals surface area contributed by atoms with Crippen molar-refractivity contribution in [3.63, 3.8) is 0 Å². The summed E-state index contributed by atoms with van der Waals surface area (Å²) in [5.74, 6) is -0.949. The summed E-state index contributed by atoms with van der Waals surface area (Å²) in [4.78, 5) is 14.3. The number of rotatable bonds is 3. The highest BCUT2D eigenvalue weighted by Gasteiger charge is 1.92. The molecule has 0 aromatic carbocycles. The van der Waals surface area contributed by atoms with E-state index >= 15 is 0 Å². The van der Waals surface area contributed by atoms with Gasteiger partial charge in [0.15, 0.2) is 0 Å². The predicted molar refractivity (Wildman–Crippen MR) is 54.7 cm³/mol. The number of nitrogens with zero attached hydrogens (tertiary/aromatic N) is 1. The number of allylic oxidation sites excluding steroid dienone is 3. The number of aromatic nitrogens is 1. The standard InChI is InChI=1S/C11H11NO2/c1-9(5-4-7-11(13)14)10-6-2-3-8-12-10/h2-8H,1H3,(H,13,14)/b7-4+,9-5+. The van der Waals surface area contributed by atoms with E-state index in [1.807, 2.05) is 25.1 Å². The van der Waals surface area contributed by atoms with E-state index in [2.05, 4.69) is 4.98 Å². The second kappa shape index (κ2) is 4.97. The molecule has 0 fully saturated rings. The molecule has 1 heterocycles. The smallest absolute Gasteiger partial charge is 0.328 e. The minimum atomic E-state index is -0.949. The first-order valence-corrected chi connectivity index (χ1v) is 4.19. The van der Waals surface area contributed by atoms with E-state index in [9.17, 15) is 4.79 Å². The first-order valence-electron chi connectivity index (χ1n) is 4.19. The molecule has 3 nitrogen and oxygen atoms in total. The molecule has 0 aliphatic carbocycles. The third-order valence-corrected chi connectivity index (χ3v) is 1.65. The van der Waals surface area contributed by atoms with E-state index in [0.29, 0.717) is 0 Å². The molecule has 0 unspecified atom stereocenters. The van der Waals surface area contributed by atoms with Crippen LogP contribution in [0.4, 0.5) is 0 Å². The monoisotopic (exact) mass is 189 g/mol. The van der Waals surface area contributed by atoms with Crippen molar-refractivity contribution in [2.45, 2.75) is 6.92 Å². The van der Waals surface area contributed by atoms with Gasteiger partial charge in [0.05, 0.1) is 5.69 Å². The summed E-state index contributed by atoms with van der Waals surface area (Å²) >= 11 is 0. The first-order chi connectivity index (χ1) is 6.70. The average molecular weight is 189 g/mol. The Balaban J connectivity index is 2.75. The molecule has 3 heteroatoms. The highest BCUT2D eigenvalue weighted by Crippen LogP contribution is 2.09. The van der Waals surface area contributed by atoms with Gasteiger partial charge in [-0.15, -0.1) is 0 Å². The summed E-state index contributed by atoms with van der Waals surface area (Å²) in [6, 6.07) is 5.60. The summed E-state index contributed by atoms with van der Waals surface area (Å²) in [5.41, 5.74) is 1.78. The van der Waals surface area contributed by atoms with Crippen LogP contribution in [0.5, 0.6) is 0 Å². The molecule has 0 amide bonds. The molecular weight excluding hydrogens is 178 g/mol. The van der Waals surface area contributed by atoms with Crippen molar-refractivity contribution in [1.29, 1.82) is 0 Å². The van der Waals surface area contributed by atoms with Gasteiger partial charge in [-0.1, -0.05) is 18.2 Å². The first kappa shape index (κ1) is 10.2. The predicted octanol–water partition coefficient (Wildman–Crippen LogP) is 2.13. The lowest BCUT2D eigenvalue weighted by Crippen LogP contribution is -1.86. The van der Waals surface area contributed by atoms with Crippen molar-refractivity contribution >= 4 is 11.5 Å². The Labute approximate surface area is 82.4 Å². The highest BCUT2D eigenvalue weighted by atomic mass is 16.4. The Hall–Kier alpha value is -1.90. The van der Waals surface area contributed by atoms with Crippen LogP contribution in [-0.2, 0) is 4.79 Å². The fourth-order valence-corrected chi connectivity index (χ4v) is 0.956. The van der Waals surface area contributed by atoms with Crippen LogP contribution in [0, 0.1) is 0 Å². The van der Waals surface area contributed by atoms with E-state index < -0.39 is 5.97 Å². The molecule has 0 saturated heterocycles. The fraction of sp³-hybridized carbons (Fsp3) is 0.0909. The number of carboxylic acid groups (broad SMARTS) is 1. The van der Waals surface area contributed by atoms with Gasteiger partial charge in [-0.3, -0.25) is 4.98 Å². The zero-order valence-electron chi connectivity index (χ0n) is 7.84. The van der Waals surface area contributed by atoms with Gasteiger partial charge in [-0.05, 0) is 24.6 Å². The molecule has 1 rings (SSSR count). The third kappa shape index (κ3) is 3.23. The molecule has 0 saturated carbocycles. The highest BCUT2D eigenvalue weighted by molar-refractivity contribution is 5.80. The van der Waals surface area contributed by atoms with Gasteiger partial charge in [0.25, 0.3) is 0 Å². The van der Waals surface area contributed by atoms with E-state index in [1.54, 1.807) is 12.3 Å². The number of hydrogen-bond donors (Lipinski definition) is 1. The Morgan fingerprint density at radius 3 is 2.86 bits per heavy atom. The van der Waals surface area contributed by atoms with Crippen LogP contribution < -0.4 is 0 Å². The van der Waals surface area contributed by atoms with Gasteiger partial charge >= 0.3 is 5.97 Å². The number of hydrogen-bond acceptors (Lipinski definition) is 2. The van der Waals surface area contributed by atoms with Crippen LogP contribution in [0.15, 0.2) is 42.6 Å². The van der Waals surface area contributed by atoms with E-state index in [4.69, 9.17) is 5.11 Å². The van der Waals surface area contributed by atoms with Gasteiger partial charge < -0.3 is 5.11 Å². The van der Waals surface area contributed by atoms with Gasteiger partial charge in [-0.25, -0.2) is 4.79 Å². The van der Waals surface area contributed by atoms with Crippen LogP contribution in [0.1, 0.15) is 12.6 Å². The van der Waals surface area contributed by atoms with Gasteiger partial charge in [0.2, 0.25) is 0 Å². The Morgan fingerprint density at radius 1 is 1.50 bits per heavy atom. The average Bonchev–Trinajstić information content (AvgIpc) is 2.18. The van der Waals surface area contributed by atoms with Crippen molar-refractivity contribution < 1.29 is 9.90 Å². The summed E-state index contributed by atoms with van der Waals surface area (Å²) in [6.45, 7) is 1.88. The number of pyridine rings is 1. The van der Waals surface area contributed by atoms with Crippen molar-refractivity contribution in [1.82, 2.24) is 4.98 Å². The molecule has 0 spiro atoms. The second-order valence-electron chi connectivity index (χ2n) is 2.76. The van der Waals surface area contributed by atoms with Crippen molar-refractivity contribution in [3.8, 4) is 0 Å². The fourth-order valence-electron chi connectivity index (χ4n) is 0.956. The zero-order valence-corrected chi connectivity index (χ0v) is 7.84. The quantitative estimate of drug-likeness (QED) is 0.585. The van der Waals surface area contributed by atoms with Crippen LogP contribution in [0.25, 0.3) is 5.57 Å². The molecule has 1 N–H and O–H groups in total. The molecule has 0 aliphatic heterocycles. The maximum atomic E-state index is 10.2. The topological polar surface area (TPSA) is 50.2 Å².